The highest BCUT2D eigenvalue weighted by Crippen LogP contribution is 2.23. The third kappa shape index (κ3) is 4.30. The van der Waals surface area contributed by atoms with E-state index in [1.807, 2.05) is 47.8 Å². The van der Waals surface area contributed by atoms with Gasteiger partial charge in [0, 0.05) is 13.7 Å². The first-order chi connectivity index (χ1) is 13.8. The third-order valence-electron chi connectivity index (χ3n) is 4.07. The van der Waals surface area contributed by atoms with Gasteiger partial charge in [0.15, 0.2) is 5.82 Å². The molecule has 0 atom stereocenters. The second-order valence-corrected chi connectivity index (χ2v) is 6.97. The summed E-state index contributed by atoms with van der Waals surface area (Å²) in [5.74, 6) is 1.80. The zero-order chi connectivity index (χ0) is 19.2. The van der Waals surface area contributed by atoms with E-state index >= 15 is 0 Å². The van der Waals surface area contributed by atoms with Crippen LogP contribution in [0.15, 0.2) is 52.3 Å². The maximum Gasteiger partial charge on any atom is 0.257 e. The highest BCUT2D eigenvalue weighted by Gasteiger charge is 2.17. The fraction of sp³-hybridized carbons (Fsp3) is 0.278. The largest absolute Gasteiger partial charge is 0.419 e. The summed E-state index contributed by atoms with van der Waals surface area (Å²) in [6.07, 6.45) is 0. The molecule has 0 aliphatic rings. The van der Waals surface area contributed by atoms with Gasteiger partial charge in [-0.1, -0.05) is 24.3 Å². The van der Waals surface area contributed by atoms with Crippen LogP contribution in [0.25, 0.3) is 16.5 Å². The second kappa shape index (κ2) is 8.83. The number of benzene rings is 1. The SMILES string of the molecule is COCCN(Cc1nnc(-c2cccs2)o1)Cc1nnnn1-c1ccccc1. The molecule has 3 heterocycles. The fourth-order valence-electron chi connectivity index (χ4n) is 2.72. The Morgan fingerprint density at radius 2 is 1.96 bits per heavy atom. The van der Waals surface area contributed by atoms with Crippen molar-refractivity contribution in [3.8, 4) is 16.5 Å². The van der Waals surface area contributed by atoms with Crippen LogP contribution < -0.4 is 0 Å². The molecule has 4 aromatic rings. The van der Waals surface area contributed by atoms with E-state index in [1.54, 1.807) is 23.1 Å². The highest BCUT2D eigenvalue weighted by atomic mass is 32.1. The molecule has 0 aliphatic carbocycles. The molecule has 9 nitrogen and oxygen atoms in total. The molecule has 0 spiro atoms. The summed E-state index contributed by atoms with van der Waals surface area (Å²) in [5, 5.41) is 22.4. The van der Waals surface area contributed by atoms with Crippen molar-refractivity contribution in [3.63, 3.8) is 0 Å². The number of methoxy groups -OCH3 is 1. The van der Waals surface area contributed by atoms with Crippen molar-refractivity contribution in [2.75, 3.05) is 20.3 Å². The average Bonchev–Trinajstić information content (AvgIpc) is 3.48. The Morgan fingerprint density at radius 1 is 1.07 bits per heavy atom. The third-order valence-corrected chi connectivity index (χ3v) is 4.93. The summed E-state index contributed by atoms with van der Waals surface area (Å²) in [4.78, 5) is 3.07. The van der Waals surface area contributed by atoms with Crippen molar-refractivity contribution in [1.82, 2.24) is 35.3 Å². The zero-order valence-electron chi connectivity index (χ0n) is 15.3. The predicted molar refractivity (Wildman–Crippen MR) is 103 cm³/mol. The smallest absolute Gasteiger partial charge is 0.257 e. The van der Waals surface area contributed by atoms with E-state index in [2.05, 4.69) is 30.6 Å². The topological polar surface area (TPSA) is 95.0 Å². The monoisotopic (exact) mass is 397 g/mol. The van der Waals surface area contributed by atoms with Crippen LogP contribution in [0.5, 0.6) is 0 Å². The molecule has 10 heteroatoms. The van der Waals surface area contributed by atoms with Crippen molar-refractivity contribution in [3.05, 3.63) is 59.6 Å². The van der Waals surface area contributed by atoms with Crippen molar-refractivity contribution in [2.24, 2.45) is 0 Å². The molecule has 28 heavy (non-hydrogen) atoms. The number of thiophene rings is 1. The van der Waals surface area contributed by atoms with E-state index in [-0.39, 0.29) is 0 Å². The molecule has 0 saturated heterocycles. The lowest BCUT2D eigenvalue weighted by Crippen LogP contribution is -2.28. The van der Waals surface area contributed by atoms with Crippen LogP contribution >= 0.6 is 11.3 Å². The summed E-state index contributed by atoms with van der Waals surface area (Å²) in [6, 6.07) is 13.7. The minimum Gasteiger partial charge on any atom is -0.419 e. The Hall–Kier alpha value is -2.95. The first-order valence-corrected chi connectivity index (χ1v) is 9.61. The van der Waals surface area contributed by atoms with Crippen molar-refractivity contribution in [2.45, 2.75) is 13.1 Å². The molecule has 0 aliphatic heterocycles. The number of para-hydroxylation sites is 1. The van der Waals surface area contributed by atoms with Gasteiger partial charge in [0.05, 0.1) is 30.3 Å². The molecule has 0 amide bonds. The van der Waals surface area contributed by atoms with Crippen LogP contribution in [0.3, 0.4) is 0 Å². The van der Waals surface area contributed by atoms with Gasteiger partial charge in [-0.15, -0.1) is 26.6 Å². The first-order valence-electron chi connectivity index (χ1n) is 8.73. The van der Waals surface area contributed by atoms with Gasteiger partial charge in [-0.3, -0.25) is 4.90 Å². The molecule has 4 rings (SSSR count). The minimum atomic E-state index is 0.476. The molecular weight excluding hydrogens is 378 g/mol. The molecule has 1 aromatic carbocycles. The molecule has 0 radical (unpaired) electrons. The number of aromatic nitrogens is 6. The summed E-state index contributed by atoms with van der Waals surface area (Å²) >= 11 is 1.57. The highest BCUT2D eigenvalue weighted by molar-refractivity contribution is 7.13. The summed E-state index contributed by atoms with van der Waals surface area (Å²) in [5.41, 5.74) is 0.909. The number of nitrogens with zero attached hydrogens (tertiary/aromatic N) is 7. The molecule has 0 fully saturated rings. The van der Waals surface area contributed by atoms with Crippen molar-refractivity contribution in [1.29, 1.82) is 0 Å². The van der Waals surface area contributed by atoms with Crippen molar-refractivity contribution < 1.29 is 9.15 Å². The molecule has 0 N–H and O–H groups in total. The molecule has 144 valence electrons. The minimum absolute atomic E-state index is 0.476. The van der Waals surface area contributed by atoms with Gasteiger partial charge in [-0.05, 0) is 34.0 Å². The Kier molecular flexibility index (Phi) is 5.80. The van der Waals surface area contributed by atoms with E-state index < -0.39 is 0 Å². The number of hydrogen-bond donors (Lipinski definition) is 0. The Bertz CT molecular complexity index is 984. The standard InChI is InChI=1S/C18H19N7O2S/c1-26-10-9-24(13-17-20-21-18(27-17)15-8-5-11-28-15)12-16-19-22-23-25(16)14-6-3-2-4-7-14/h2-8,11H,9-10,12-13H2,1H3. The number of ether oxygens (including phenoxy) is 1. The van der Waals surface area contributed by atoms with E-state index in [9.17, 15) is 0 Å². The van der Waals surface area contributed by atoms with E-state index in [1.165, 1.54) is 0 Å². The molecule has 0 unspecified atom stereocenters. The van der Waals surface area contributed by atoms with Gasteiger partial charge in [0.2, 0.25) is 5.89 Å². The second-order valence-electron chi connectivity index (χ2n) is 6.02. The molecular formula is C18H19N7O2S. The van der Waals surface area contributed by atoms with E-state index in [4.69, 9.17) is 9.15 Å². The van der Waals surface area contributed by atoms with Crippen LogP contribution in [0.4, 0.5) is 0 Å². The summed E-state index contributed by atoms with van der Waals surface area (Å²) in [6.45, 7) is 2.24. The van der Waals surface area contributed by atoms with Crippen molar-refractivity contribution >= 4 is 11.3 Å². The molecule has 0 saturated carbocycles. The van der Waals surface area contributed by atoms with Gasteiger partial charge in [-0.2, -0.15) is 4.68 Å². The average molecular weight is 397 g/mol. The lowest BCUT2D eigenvalue weighted by molar-refractivity contribution is 0.131. The Morgan fingerprint density at radius 3 is 2.75 bits per heavy atom. The lowest BCUT2D eigenvalue weighted by Gasteiger charge is -2.19. The van der Waals surface area contributed by atoms with Crippen LogP contribution in [0.1, 0.15) is 11.7 Å². The predicted octanol–water partition coefficient (Wildman–Crippen LogP) is 2.42. The number of tetrazole rings is 1. The van der Waals surface area contributed by atoms with Gasteiger partial charge in [-0.25, -0.2) is 0 Å². The summed E-state index contributed by atoms with van der Waals surface area (Å²) < 4.78 is 12.8. The van der Waals surface area contributed by atoms with E-state index in [0.717, 1.165) is 16.4 Å². The van der Waals surface area contributed by atoms with Crippen LogP contribution in [-0.2, 0) is 17.8 Å². The lowest BCUT2D eigenvalue weighted by atomic mass is 10.3. The molecule has 0 bridgehead atoms. The van der Waals surface area contributed by atoms with Crippen LogP contribution in [-0.4, -0.2) is 55.6 Å². The van der Waals surface area contributed by atoms with Crippen LogP contribution in [0, 0.1) is 0 Å². The zero-order valence-corrected chi connectivity index (χ0v) is 16.1. The number of rotatable bonds is 9. The Balaban J connectivity index is 1.51. The normalized spacial score (nSPS) is 11.4. The van der Waals surface area contributed by atoms with Gasteiger partial charge < -0.3 is 9.15 Å². The fourth-order valence-corrected chi connectivity index (χ4v) is 3.36. The van der Waals surface area contributed by atoms with Crippen LogP contribution in [0.2, 0.25) is 0 Å². The van der Waals surface area contributed by atoms with Gasteiger partial charge in [0.25, 0.3) is 5.89 Å². The van der Waals surface area contributed by atoms with E-state index in [0.29, 0.717) is 38.0 Å². The quantitative estimate of drug-likeness (QED) is 0.425. The Labute approximate surface area is 165 Å². The molecule has 3 aromatic heterocycles. The summed E-state index contributed by atoms with van der Waals surface area (Å²) in [7, 11) is 1.67. The maximum atomic E-state index is 5.82. The van der Waals surface area contributed by atoms with Gasteiger partial charge >= 0.3 is 0 Å². The first kappa shape index (κ1) is 18.4. The number of hydrogen-bond acceptors (Lipinski definition) is 9. The maximum absolute atomic E-state index is 5.82. The van der Waals surface area contributed by atoms with Gasteiger partial charge in [0.1, 0.15) is 0 Å².